The van der Waals surface area contributed by atoms with Gasteiger partial charge >= 0.3 is 0 Å². The second-order valence-electron chi connectivity index (χ2n) is 19.7. The Bertz CT molecular complexity index is 2550. The summed E-state index contributed by atoms with van der Waals surface area (Å²) in [4.78, 5) is 14.7. The zero-order valence-electron chi connectivity index (χ0n) is 41.3. The molecule has 4 unspecified atom stereocenters. The Morgan fingerprint density at radius 2 is 0.716 bits per heavy atom. The summed E-state index contributed by atoms with van der Waals surface area (Å²) in [5.74, 6) is 2.86. The third kappa shape index (κ3) is 9.55. The van der Waals surface area contributed by atoms with Gasteiger partial charge in [0.1, 0.15) is 17.3 Å². The highest BCUT2D eigenvalue weighted by molar-refractivity contribution is 7.66. The third-order valence-corrected chi connectivity index (χ3v) is 17.5. The molecule has 0 saturated carbocycles. The van der Waals surface area contributed by atoms with Crippen LogP contribution in [0.1, 0.15) is 182 Å². The molecule has 8 rings (SSSR count). The highest BCUT2D eigenvalue weighted by atomic mass is 31.1. The minimum absolute atomic E-state index is 0.106. The Kier molecular flexibility index (Phi) is 15.0. The van der Waals surface area contributed by atoms with Crippen LogP contribution in [-0.2, 0) is 4.79 Å². The number of rotatable bonds is 15. The lowest BCUT2D eigenvalue weighted by Crippen LogP contribution is -2.31. The van der Waals surface area contributed by atoms with Gasteiger partial charge in [-0.05, 0) is 96.7 Å². The van der Waals surface area contributed by atoms with Crippen molar-refractivity contribution in [2.75, 3.05) is 14.2 Å². The van der Waals surface area contributed by atoms with Crippen molar-refractivity contribution in [1.82, 2.24) is 0 Å². The molecule has 3 nitrogen and oxygen atoms in total. The number of Topliss-reactive ketones (excluding diaryl/α,β-unsaturated/α-hetero) is 1. The average Bonchev–Trinajstić information content (AvgIpc) is 3.34. The van der Waals surface area contributed by atoms with E-state index in [1.807, 2.05) is 0 Å². The van der Waals surface area contributed by atoms with Crippen molar-refractivity contribution in [2.45, 2.75) is 115 Å². The highest BCUT2D eigenvalue weighted by Gasteiger charge is 2.45. The lowest BCUT2D eigenvalue weighted by molar-refractivity contribution is -0.119. The molecule has 1 aliphatic heterocycles. The molecule has 0 amide bonds. The molecular weight excluding hydrogens is 836 g/mol. The van der Waals surface area contributed by atoms with Crippen molar-refractivity contribution in [2.24, 2.45) is 0 Å². The molecule has 4 atom stereocenters. The van der Waals surface area contributed by atoms with Gasteiger partial charge in [0.25, 0.3) is 0 Å². The van der Waals surface area contributed by atoms with Crippen LogP contribution in [0.4, 0.5) is 0 Å². The normalized spacial score (nSPS) is 17.3. The van der Waals surface area contributed by atoms with Crippen LogP contribution in [0.15, 0.2) is 164 Å². The number of methoxy groups -OCH3 is 2. The third-order valence-electron chi connectivity index (χ3n) is 14.2. The molecule has 1 saturated heterocycles. The monoisotopic (exact) mass is 904 g/mol. The summed E-state index contributed by atoms with van der Waals surface area (Å²) in [6.07, 6.45) is 0.855. The minimum Gasteiger partial charge on any atom is -0.496 e. The van der Waals surface area contributed by atoms with Gasteiger partial charge in [-0.1, -0.05) is 215 Å². The fourth-order valence-electron chi connectivity index (χ4n) is 11.2. The van der Waals surface area contributed by atoms with E-state index in [1.54, 1.807) is 14.2 Å². The van der Waals surface area contributed by atoms with Crippen LogP contribution in [-0.4, -0.2) is 20.0 Å². The van der Waals surface area contributed by atoms with Crippen LogP contribution < -0.4 is 14.8 Å². The van der Waals surface area contributed by atoms with E-state index in [0.717, 1.165) is 22.6 Å². The zero-order chi connectivity index (χ0) is 47.4. The maximum atomic E-state index is 14.7. The number of carbonyl (C=O) groups is 1. The predicted octanol–water partition coefficient (Wildman–Crippen LogP) is 16.5. The maximum absolute atomic E-state index is 14.7. The molecule has 1 aliphatic rings. The lowest BCUT2D eigenvalue weighted by Gasteiger charge is -2.43. The first-order valence-electron chi connectivity index (χ1n) is 24.5. The summed E-state index contributed by atoms with van der Waals surface area (Å²) >= 11 is 0. The fraction of sp³-hybridized carbons (Fsp3) is 0.317. The van der Waals surface area contributed by atoms with E-state index >= 15 is 0 Å². The molecule has 0 N–H and O–H groups in total. The van der Waals surface area contributed by atoms with Gasteiger partial charge in [0, 0.05) is 47.1 Å². The smallest absolute Gasteiger partial charge is 0.134 e. The highest BCUT2D eigenvalue weighted by Crippen LogP contribution is 2.70. The van der Waals surface area contributed by atoms with E-state index in [9.17, 15) is 4.79 Å². The Labute approximate surface area is 402 Å². The van der Waals surface area contributed by atoms with Crippen molar-refractivity contribution >= 4 is 19.0 Å². The van der Waals surface area contributed by atoms with E-state index < -0.39 is 7.92 Å². The number of hydrogen-bond donors (Lipinski definition) is 0. The van der Waals surface area contributed by atoms with Crippen molar-refractivity contribution in [1.29, 1.82) is 0 Å². The first-order valence-corrected chi connectivity index (χ1v) is 26.0. The summed E-state index contributed by atoms with van der Waals surface area (Å²) in [6, 6.07) is 60.7. The van der Waals surface area contributed by atoms with Gasteiger partial charge in [0.15, 0.2) is 0 Å². The SMILES string of the molecule is COc1ccccc1C1CC(=O)CC(c2ccccc2OC)P1c1c(C(c2ccccc2)c2c(C(C)C)cccc2C(C)C)cccc1C(c1ccccc1)c1c(C(C)C)cccc1C(C)C. The Hall–Kier alpha value is -5.76. The van der Waals surface area contributed by atoms with Crippen LogP contribution in [0, 0.1) is 0 Å². The van der Waals surface area contributed by atoms with Crippen LogP contribution in [0.25, 0.3) is 0 Å². The van der Waals surface area contributed by atoms with E-state index in [1.165, 1.54) is 60.9 Å². The van der Waals surface area contributed by atoms with Crippen molar-refractivity contribution in [3.05, 3.63) is 231 Å². The summed E-state index contributed by atoms with van der Waals surface area (Å²) in [5.41, 5.74) is 15.3. The van der Waals surface area contributed by atoms with E-state index in [4.69, 9.17) is 9.47 Å². The van der Waals surface area contributed by atoms with Crippen LogP contribution in [0.5, 0.6) is 11.5 Å². The molecular formula is C63H69O3P. The number of ketones is 1. The minimum atomic E-state index is -1.27. The molecule has 344 valence electrons. The zero-order valence-corrected chi connectivity index (χ0v) is 42.2. The molecule has 1 heterocycles. The Balaban J connectivity index is 1.62. The second-order valence-corrected chi connectivity index (χ2v) is 22.2. The molecule has 0 radical (unpaired) electrons. The molecule has 4 heteroatoms. The van der Waals surface area contributed by atoms with Gasteiger partial charge < -0.3 is 9.47 Å². The standard InChI is InChI=1S/C63H69O3P/c1-40(2)47-30-21-31-48(41(3)4)61(47)59(44-24-13-11-14-25-44)53-34-23-35-54(60(45-26-15-12-16-27-45)62-49(42(5)6)32-22-33-50(62)43(7)8)63(53)67-57(51-28-17-19-36-55(51)65-9)38-46(64)39-58(67)52-29-18-20-37-56(52)66-10/h11-37,40-43,57-60H,38-39H2,1-10H3. The molecule has 67 heavy (non-hydrogen) atoms. The molecule has 0 aliphatic carbocycles. The van der Waals surface area contributed by atoms with E-state index in [0.29, 0.717) is 12.8 Å². The molecule has 0 aromatic heterocycles. The van der Waals surface area contributed by atoms with Crippen LogP contribution in [0.3, 0.4) is 0 Å². The van der Waals surface area contributed by atoms with Gasteiger partial charge in [-0.2, -0.15) is 0 Å². The first-order chi connectivity index (χ1) is 32.4. The number of carbonyl (C=O) groups excluding carboxylic acids is 1. The maximum Gasteiger partial charge on any atom is 0.134 e. The first kappa shape index (κ1) is 47.7. The molecule has 0 bridgehead atoms. The van der Waals surface area contributed by atoms with Gasteiger partial charge in [-0.25, -0.2) is 0 Å². The Morgan fingerprint density at radius 3 is 1.04 bits per heavy atom. The Morgan fingerprint density at radius 1 is 0.403 bits per heavy atom. The van der Waals surface area contributed by atoms with Crippen molar-refractivity contribution in [3.63, 3.8) is 0 Å². The van der Waals surface area contributed by atoms with Gasteiger partial charge in [0.05, 0.1) is 14.2 Å². The molecule has 7 aromatic carbocycles. The molecule has 7 aromatic rings. The summed E-state index contributed by atoms with van der Waals surface area (Å²) in [7, 11) is 2.27. The largest absolute Gasteiger partial charge is 0.496 e. The van der Waals surface area contributed by atoms with Gasteiger partial charge in [0.2, 0.25) is 0 Å². The summed E-state index contributed by atoms with van der Waals surface area (Å²) < 4.78 is 12.6. The fourth-order valence-corrected chi connectivity index (χ4v) is 15.1. The summed E-state index contributed by atoms with van der Waals surface area (Å²) in [6.45, 7) is 18.7. The van der Waals surface area contributed by atoms with Gasteiger partial charge in [-0.15, -0.1) is 0 Å². The predicted molar refractivity (Wildman–Crippen MR) is 283 cm³/mol. The molecule has 0 spiro atoms. The van der Waals surface area contributed by atoms with Crippen LogP contribution in [0.2, 0.25) is 0 Å². The average molecular weight is 905 g/mol. The van der Waals surface area contributed by atoms with Gasteiger partial charge in [-0.3, -0.25) is 4.79 Å². The van der Waals surface area contributed by atoms with Crippen LogP contribution >= 0.6 is 7.92 Å². The molecule has 1 fully saturated rings. The topological polar surface area (TPSA) is 35.5 Å². The van der Waals surface area contributed by atoms with E-state index in [-0.39, 0.29) is 52.6 Å². The lowest BCUT2D eigenvalue weighted by atomic mass is 9.73. The number of benzene rings is 7. The number of para-hydroxylation sites is 2. The van der Waals surface area contributed by atoms with E-state index in [2.05, 4.69) is 219 Å². The second kappa shape index (κ2) is 21.0. The number of hydrogen-bond acceptors (Lipinski definition) is 3. The van der Waals surface area contributed by atoms with Crippen molar-refractivity contribution < 1.29 is 14.3 Å². The number of ether oxygens (including phenoxy) is 2. The quantitative estimate of drug-likeness (QED) is 0.0760. The van der Waals surface area contributed by atoms with Crippen molar-refractivity contribution in [3.8, 4) is 11.5 Å². The summed E-state index contributed by atoms with van der Waals surface area (Å²) in [5, 5.41) is 1.38.